The molecule has 0 aliphatic rings. The molecule has 0 saturated carbocycles. The number of hydrogen-bond acceptors (Lipinski definition) is 3. The van der Waals surface area contributed by atoms with Gasteiger partial charge in [0.15, 0.2) is 0 Å². The van der Waals surface area contributed by atoms with Crippen molar-refractivity contribution in [1.29, 1.82) is 0 Å². The molecule has 2 amide bonds. The van der Waals surface area contributed by atoms with Gasteiger partial charge in [0.05, 0.1) is 0 Å². The number of carbonyl (C=O) groups is 2. The molecule has 1 unspecified atom stereocenters. The third kappa shape index (κ3) is 47.9. The molecular weight excluding hydrogens is 795 g/mol. The lowest BCUT2D eigenvalue weighted by Crippen LogP contribution is -2.49. The molecule has 0 aliphatic heterocycles. The van der Waals surface area contributed by atoms with Crippen LogP contribution in [-0.4, -0.2) is 42.4 Å². The highest BCUT2D eigenvalue weighted by molar-refractivity contribution is 5.87. The van der Waals surface area contributed by atoms with Crippen LogP contribution in [-0.2, 0) is 9.59 Å². The number of amides is 2. The van der Waals surface area contributed by atoms with Gasteiger partial charge in [-0.25, -0.2) is 0 Å². The molecule has 378 valence electrons. The average molecular weight is 907 g/mol. The van der Waals surface area contributed by atoms with Crippen molar-refractivity contribution < 1.29 is 9.59 Å². The Balaban J connectivity index is 4.83. The predicted molar refractivity (Wildman–Crippen MR) is 290 cm³/mol. The molecule has 0 spiro atoms. The van der Waals surface area contributed by atoms with Crippen molar-refractivity contribution in [2.24, 2.45) is 5.73 Å². The van der Waals surface area contributed by atoms with E-state index in [0.29, 0.717) is 19.4 Å². The van der Waals surface area contributed by atoms with Gasteiger partial charge in [0.2, 0.25) is 11.8 Å². The number of rotatable bonds is 51. The monoisotopic (exact) mass is 906 g/mol. The van der Waals surface area contributed by atoms with E-state index >= 15 is 0 Å². The Labute approximate surface area is 406 Å². The summed E-state index contributed by atoms with van der Waals surface area (Å²) in [4.78, 5) is 29.6. The summed E-state index contributed by atoms with van der Waals surface area (Å²) in [6.45, 7) is 9.01. The topological polar surface area (TPSA) is 75.4 Å². The first-order valence-corrected chi connectivity index (χ1v) is 28.6. The Morgan fingerprint density at radius 2 is 0.723 bits per heavy atom. The molecule has 0 aromatic heterocycles. The van der Waals surface area contributed by atoms with Crippen LogP contribution in [0.5, 0.6) is 0 Å². The van der Waals surface area contributed by atoms with Crippen LogP contribution in [0.15, 0.2) is 60.8 Å². The van der Waals surface area contributed by atoms with E-state index in [1.165, 1.54) is 186 Å². The number of nitrogens with two attached hydrogens (primary N) is 1. The Kier molecular flexibility index (Phi) is 52.2. The van der Waals surface area contributed by atoms with Gasteiger partial charge >= 0.3 is 0 Å². The van der Waals surface area contributed by atoms with E-state index < -0.39 is 6.04 Å². The van der Waals surface area contributed by atoms with Gasteiger partial charge in [-0.2, -0.15) is 0 Å². The van der Waals surface area contributed by atoms with Crippen molar-refractivity contribution in [2.45, 2.75) is 290 Å². The average Bonchev–Trinajstić information content (AvgIpc) is 3.31. The fourth-order valence-electron chi connectivity index (χ4n) is 8.51. The van der Waals surface area contributed by atoms with Crippen LogP contribution in [0.3, 0.4) is 0 Å². The number of nitrogens with zero attached hydrogens (tertiary/aromatic N) is 1. The van der Waals surface area contributed by atoms with E-state index in [1.54, 1.807) is 0 Å². The Hall–Kier alpha value is -2.40. The normalized spacial score (nSPS) is 12.6. The first kappa shape index (κ1) is 62.6. The Morgan fingerprint density at radius 3 is 1.12 bits per heavy atom. The molecule has 5 heteroatoms. The van der Waals surface area contributed by atoms with Gasteiger partial charge in [0.1, 0.15) is 6.04 Å². The van der Waals surface area contributed by atoms with Crippen molar-refractivity contribution in [3.05, 3.63) is 60.8 Å². The quantitative estimate of drug-likeness (QED) is 0.0472. The lowest BCUT2D eigenvalue weighted by Gasteiger charge is -2.28. The Bertz CT molecular complexity index is 1090. The Morgan fingerprint density at radius 1 is 0.400 bits per heavy atom. The molecule has 5 nitrogen and oxygen atoms in total. The number of hydrogen-bond donors (Lipinski definition) is 2. The summed E-state index contributed by atoms with van der Waals surface area (Å²) < 4.78 is 0. The van der Waals surface area contributed by atoms with Gasteiger partial charge in [-0.3, -0.25) is 9.59 Å². The maximum Gasteiger partial charge on any atom is 0.245 e. The molecule has 0 aromatic carbocycles. The van der Waals surface area contributed by atoms with Gasteiger partial charge in [-0.05, 0) is 135 Å². The van der Waals surface area contributed by atoms with E-state index in [1.807, 2.05) is 0 Å². The second kappa shape index (κ2) is 54.2. The lowest BCUT2D eigenvalue weighted by molar-refractivity contribution is -0.137. The minimum Gasteiger partial charge on any atom is -0.344 e. The number of nitrogens with one attached hydrogen (secondary N) is 1. The molecule has 0 heterocycles. The highest BCUT2D eigenvalue weighted by atomic mass is 16.2. The third-order valence-electron chi connectivity index (χ3n) is 12.8. The van der Waals surface area contributed by atoms with Crippen molar-refractivity contribution in [1.82, 2.24) is 10.2 Å². The summed E-state index contributed by atoms with van der Waals surface area (Å²) in [6, 6.07) is -0.439. The van der Waals surface area contributed by atoms with Crippen LogP contribution in [0, 0.1) is 0 Å². The van der Waals surface area contributed by atoms with Gasteiger partial charge in [-0.15, -0.1) is 0 Å². The summed E-state index contributed by atoms with van der Waals surface area (Å²) >= 11 is 0. The molecule has 0 aliphatic carbocycles. The molecule has 0 radical (unpaired) electrons. The zero-order valence-electron chi connectivity index (χ0n) is 43.8. The second-order valence-electron chi connectivity index (χ2n) is 19.2. The third-order valence-corrected chi connectivity index (χ3v) is 12.8. The molecule has 0 rings (SSSR count). The van der Waals surface area contributed by atoms with E-state index in [2.05, 4.69) is 91.7 Å². The highest BCUT2D eigenvalue weighted by Gasteiger charge is 2.25. The van der Waals surface area contributed by atoms with E-state index in [9.17, 15) is 9.59 Å². The largest absolute Gasteiger partial charge is 0.344 e. The number of allylic oxidation sites excluding steroid dienone is 10. The smallest absolute Gasteiger partial charge is 0.245 e. The van der Waals surface area contributed by atoms with Gasteiger partial charge in [0.25, 0.3) is 0 Å². The van der Waals surface area contributed by atoms with Crippen molar-refractivity contribution in [3.63, 3.8) is 0 Å². The summed E-state index contributed by atoms with van der Waals surface area (Å²) in [6.07, 6.45) is 71.7. The fourth-order valence-corrected chi connectivity index (χ4v) is 8.51. The van der Waals surface area contributed by atoms with E-state index in [0.717, 1.165) is 77.3 Å². The standard InChI is InChI=1S/C60H111N3O2/c1-4-7-10-13-16-19-22-25-28-31-34-37-40-43-46-51-56-63(57-52-47-44-41-38-35-32-29-26-23-20-17-14-11-8-5-2)60(65)58(53-49-50-55-61)62-59(64)54-48-45-42-39-36-33-30-27-24-21-18-15-12-9-6-3/h16-17,19-20,25-30,58H,4-15,18,21-24,31-57,61H2,1-3H3,(H,62,64)/b19-16-,20-17-,28-25-,29-26-,30-27-. The summed E-state index contributed by atoms with van der Waals surface area (Å²) in [5, 5.41) is 3.22. The molecular formula is C60H111N3O2. The lowest BCUT2D eigenvalue weighted by atomic mass is 10.0. The second-order valence-corrected chi connectivity index (χ2v) is 19.2. The van der Waals surface area contributed by atoms with Crippen LogP contribution in [0.1, 0.15) is 284 Å². The van der Waals surface area contributed by atoms with Gasteiger partial charge in [0, 0.05) is 19.5 Å². The van der Waals surface area contributed by atoms with Gasteiger partial charge in [-0.1, -0.05) is 210 Å². The van der Waals surface area contributed by atoms with Crippen LogP contribution in [0.4, 0.5) is 0 Å². The first-order valence-electron chi connectivity index (χ1n) is 28.6. The molecule has 0 fully saturated rings. The van der Waals surface area contributed by atoms with Crippen LogP contribution in [0.25, 0.3) is 0 Å². The maximum absolute atomic E-state index is 14.2. The summed E-state index contributed by atoms with van der Waals surface area (Å²) in [7, 11) is 0. The van der Waals surface area contributed by atoms with E-state index in [-0.39, 0.29) is 11.8 Å². The minimum atomic E-state index is -0.439. The number of carbonyl (C=O) groups excluding carboxylic acids is 2. The zero-order chi connectivity index (χ0) is 47.2. The number of unbranched alkanes of at least 4 members (excludes halogenated alkanes) is 30. The molecule has 1 atom stereocenters. The molecule has 3 N–H and O–H groups in total. The maximum atomic E-state index is 14.2. The fraction of sp³-hybridized carbons (Fsp3) is 0.800. The highest BCUT2D eigenvalue weighted by Crippen LogP contribution is 2.15. The van der Waals surface area contributed by atoms with Crippen molar-refractivity contribution in [2.75, 3.05) is 19.6 Å². The predicted octanol–water partition coefficient (Wildman–Crippen LogP) is 18.1. The molecule has 65 heavy (non-hydrogen) atoms. The first-order chi connectivity index (χ1) is 32.1. The zero-order valence-corrected chi connectivity index (χ0v) is 43.8. The minimum absolute atomic E-state index is 0.0381. The van der Waals surface area contributed by atoms with E-state index in [4.69, 9.17) is 5.73 Å². The van der Waals surface area contributed by atoms with Crippen molar-refractivity contribution >= 4 is 11.8 Å². The SMILES string of the molecule is CCCCC/C=C\C/C=C\CCCCCCCCN(CCCCCCCC/C=C\C/C=C\CCCCC)C(=O)C(CCCCN)NC(=O)CCCCCCC/C=C\CCCCCCCC. The summed E-state index contributed by atoms with van der Waals surface area (Å²) in [5.74, 6) is 0.168. The van der Waals surface area contributed by atoms with Crippen LogP contribution in [0.2, 0.25) is 0 Å². The molecule has 0 aromatic rings. The van der Waals surface area contributed by atoms with Crippen LogP contribution >= 0.6 is 0 Å². The van der Waals surface area contributed by atoms with Crippen LogP contribution < -0.4 is 11.1 Å². The summed E-state index contributed by atoms with van der Waals surface area (Å²) in [5.41, 5.74) is 5.87. The van der Waals surface area contributed by atoms with Crippen molar-refractivity contribution in [3.8, 4) is 0 Å². The van der Waals surface area contributed by atoms with Gasteiger partial charge < -0.3 is 16.0 Å². The molecule has 0 saturated heterocycles. The molecule has 0 bridgehead atoms.